The smallest absolute Gasteiger partial charge is 0.217 e. The van der Waals surface area contributed by atoms with Crippen molar-refractivity contribution < 1.29 is 4.74 Å². The van der Waals surface area contributed by atoms with Gasteiger partial charge in [0.25, 0.3) is 0 Å². The molecule has 4 heteroatoms. The van der Waals surface area contributed by atoms with Crippen molar-refractivity contribution in [3.05, 3.63) is 57.7 Å². The number of rotatable bonds is 1. The maximum atomic E-state index is 5.91. The van der Waals surface area contributed by atoms with Crippen LogP contribution in [0.15, 0.2) is 36.5 Å². The summed E-state index contributed by atoms with van der Waals surface area (Å²) in [5, 5.41) is 1.39. The molecule has 1 aliphatic heterocycles. The fourth-order valence-electron chi connectivity index (χ4n) is 2.15. The van der Waals surface area contributed by atoms with Gasteiger partial charge in [-0.1, -0.05) is 35.3 Å². The molecule has 0 unspecified atom stereocenters. The van der Waals surface area contributed by atoms with Gasteiger partial charge in [0, 0.05) is 16.8 Å². The first-order valence-corrected chi connectivity index (χ1v) is 6.54. The van der Waals surface area contributed by atoms with Crippen LogP contribution in [-0.2, 0) is 6.42 Å². The summed E-state index contributed by atoms with van der Waals surface area (Å²) in [5.41, 5.74) is 2.20. The molecule has 92 valence electrons. The van der Waals surface area contributed by atoms with E-state index >= 15 is 0 Å². The predicted molar refractivity (Wildman–Crippen MR) is 72.4 cm³/mol. The van der Waals surface area contributed by atoms with Crippen LogP contribution in [0, 0.1) is 0 Å². The third kappa shape index (κ3) is 2.31. The molecule has 0 fully saturated rings. The molecule has 0 saturated heterocycles. The predicted octanol–water partition coefficient (Wildman–Crippen LogP) is 4.45. The maximum Gasteiger partial charge on any atom is 0.217 e. The van der Waals surface area contributed by atoms with E-state index in [9.17, 15) is 0 Å². The summed E-state index contributed by atoms with van der Waals surface area (Å²) in [6, 6.07) is 9.67. The third-order valence-electron chi connectivity index (χ3n) is 3.06. The molecule has 0 bridgehead atoms. The highest BCUT2D eigenvalue weighted by atomic mass is 35.5. The van der Waals surface area contributed by atoms with Crippen LogP contribution in [0.3, 0.4) is 0 Å². The highest BCUT2D eigenvalue weighted by molar-refractivity contribution is 6.30. The lowest BCUT2D eigenvalue weighted by Crippen LogP contribution is -2.16. The van der Waals surface area contributed by atoms with E-state index in [0.717, 1.165) is 29.0 Å². The minimum atomic E-state index is 0.0449. The van der Waals surface area contributed by atoms with Crippen molar-refractivity contribution in [2.45, 2.75) is 18.9 Å². The molecule has 0 radical (unpaired) electrons. The van der Waals surface area contributed by atoms with E-state index in [4.69, 9.17) is 27.9 Å². The van der Waals surface area contributed by atoms with E-state index < -0.39 is 0 Å². The summed E-state index contributed by atoms with van der Waals surface area (Å²) in [6.45, 7) is 0. The Bertz CT molecular complexity index is 569. The Labute approximate surface area is 116 Å². The molecule has 1 aliphatic rings. The molecule has 0 spiro atoms. The Morgan fingerprint density at radius 1 is 1.11 bits per heavy atom. The first kappa shape index (κ1) is 11.8. The Kier molecular flexibility index (Phi) is 3.14. The SMILES string of the molecule is Clc1ccc([C@@H]2CCc3cc(Cl)cnc3O2)cc1. The van der Waals surface area contributed by atoms with Gasteiger partial charge in [-0.2, -0.15) is 0 Å². The van der Waals surface area contributed by atoms with Crippen LogP contribution in [0.4, 0.5) is 0 Å². The van der Waals surface area contributed by atoms with Gasteiger partial charge in [0.15, 0.2) is 0 Å². The van der Waals surface area contributed by atoms with Gasteiger partial charge < -0.3 is 4.74 Å². The molecule has 0 aliphatic carbocycles. The summed E-state index contributed by atoms with van der Waals surface area (Å²) in [6.07, 6.45) is 3.51. The van der Waals surface area contributed by atoms with Gasteiger partial charge in [0.2, 0.25) is 5.88 Å². The van der Waals surface area contributed by atoms with Gasteiger partial charge in [-0.05, 0) is 36.6 Å². The lowest BCUT2D eigenvalue weighted by Gasteiger charge is -2.25. The number of nitrogens with zero attached hydrogens (tertiary/aromatic N) is 1. The molecule has 3 rings (SSSR count). The first-order valence-electron chi connectivity index (χ1n) is 5.79. The molecule has 2 aromatic rings. The number of benzene rings is 1. The van der Waals surface area contributed by atoms with Crippen molar-refractivity contribution >= 4 is 23.2 Å². The van der Waals surface area contributed by atoms with Crippen molar-refractivity contribution in [3.8, 4) is 5.88 Å². The highest BCUT2D eigenvalue weighted by Gasteiger charge is 2.22. The van der Waals surface area contributed by atoms with E-state index in [1.54, 1.807) is 6.20 Å². The molecular formula is C14H11Cl2NO. The Hall–Kier alpha value is -1.25. The zero-order valence-corrected chi connectivity index (χ0v) is 11.1. The molecular weight excluding hydrogens is 269 g/mol. The zero-order chi connectivity index (χ0) is 12.5. The minimum absolute atomic E-state index is 0.0449. The number of hydrogen-bond acceptors (Lipinski definition) is 2. The summed E-state index contributed by atoms with van der Waals surface area (Å²) < 4.78 is 5.90. The minimum Gasteiger partial charge on any atom is -0.469 e. The third-order valence-corrected chi connectivity index (χ3v) is 3.52. The number of fused-ring (bicyclic) bond motifs is 1. The Morgan fingerprint density at radius 3 is 2.67 bits per heavy atom. The van der Waals surface area contributed by atoms with Crippen LogP contribution < -0.4 is 4.74 Å². The summed E-state index contributed by atoms with van der Waals surface area (Å²) in [5.74, 6) is 0.686. The number of aryl methyl sites for hydroxylation is 1. The van der Waals surface area contributed by atoms with Gasteiger partial charge in [0.1, 0.15) is 6.10 Å². The molecule has 0 N–H and O–H groups in total. The van der Waals surface area contributed by atoms with Crippen molar-refractivity contribution in [1.29, 1.82) is 0 Å². The number of ether oxygens (including phenoxy) is 1. The monoisotopic (exact) mass is 279 g/mol. The summed E-state index contributed by atoms with van der Waals surface area (Å²) >= 11 is 11.8. The Morgan fingerprint density at radius 2 is 1.89 bits per heavy atom. The summed E-state index contributed by atoms with van der Waals surface area (Å²) in [7, 11) is 0. The van der Waals surface area contributed by atoms with Crippen LogP contribution in [0.25, 0.3) is 0 Å². The highest BCUT2D eigenvalue weighted by Crippen LogP contribution is 2.34. The van der Waals surface area contributed by atoms with Crippen LogP contribution in [0.2, 0.25) is 10.0 Å². The van der Waals surface area contributed by atoms with Crippen LogP contribution >= 0.6 is 23.2 Å². The molecule has 18 heavy (non-hydrogen) atoms. The molecule has 1 aromatic heterocycles. The molecule has 0 amide bonds. The Balaban J connectivity index is 1.86. The maximum absolute atomic E-state index is 5.91. The second-order valence-corrected chi connectivity index (χ2v) is 5.19. The van der Waals surface area contributed by atoms with Crippen LogP contribution in [-0.4, -0.2) is 4.98 Å². The van der Waals surface area contributed by atoms with Crippen molar-refractivity contribution in [2.75, 3.05) is 0 Å². The number of halogens is 2. The van der Waals surface area contributed by atoms with Crippen molar-refractivity contribution in [2.24, 2.45) is 0 Å². The standard InChI is InChI=1S/C14H11Cl2NO/c15-11-4-1-9(2-5-11)13-6-3-10-7-12(16)8-17-14(10)18-13/h1-2,4-5,7-8,13H,3,6H2/t13-/m0/s1. The normalized spacial score (nSPS) is 18.0. The zero-order valence-electron chi connectivity index (χ0n) is 9.57. The molecule has 2 nitrogen and oxygen atoms in total. The van der Waals surface area contributed by atoms with Crippen LogP contribution in [0.1, 0.15) is 23.7 Å². The van der Waals surface area contributed by atoms with Gasteiger partial charge in [-0.25, -0.2) is 4.98 Å². The quantitative estimate of drug-likeness (QED) is 0.769. The number of pyridine rings is 1. The largest absolute Gasteiger partial charge is 0.469 e. The average molecular weight is 280 g/mol. The fraction of sp³-hybridized carbons (Fsp3) is 0.214. The second kappa shape index (κ2) is 4.79. The first-order chi connectivity index (χ1) is 8.72. The van der Waals surface area contributed by atoms with E-state index in [1.165, 1.54) is 0 Å². The molecule has 1 aromatic carbocycles. The van der Waals surface area contributed by atoms with Gasteiger partial charge in [0.05, 0.1) is 5.02 Å². The lowest BCUT2D eigenvalue weighted by molar-refractivity contribution is 0.168. The van der Waals surface area contributed by atoms with E-state index in [-0.39, 0.29) is 6.10 Å². The topological polar surface area (TPSA) is 22.1 Å². The fourth-order valence-corrected chi connectivity index (χ4v) is 2.45. The van der Waals surface area contributed by atoms with Crippen LogP contribution in [0.5, 0.6) is 5.88 Å². The van der Waals surface area contributed by atoms with E-state index in [1.807, 2.05) is 30.3 Å². The molecule has 2 heterocycles. The lowest BCUT2D eigenvalue weighted by atomic mass is 9.99. The second-order valence-electron chi connectivity index (χ2n) is 4.31. The number of hydrogen-bond donors (Lipinski definition) is 0. The average Bonchev–Trinajstić information content (AvgIpc) is 2.39. The number of aromatic nitrogens is 1. The van der Waals surface area contributed by atoms with Gasteiger partial charge >= 0.3 is 0 Å². The van der Waals surface area contributed by atoms with Crippen molar-refractivity contribution in [3.63, 3.8) is 0 Å². The van der Waals surface area contributed by atoms with Gasteiger partial charge in [-0.3, -0.25) is 0 Å². The van der Waals surface area contributed by atoms with Gasteiger partial charge in [-0.15, -0.1) is 0 Å². The van der Waals surface area contributed by atoms with Crippen molar-refractivity contribution in [1.82, 2.24) is 4.98 Å². The van der Waals surface area contributed by atoms with E-state index in [2.05, 4.69) is 4.98 Å². The van der Waals surface area contributed by atoms with E-state index in [0.29, 0.717) is 10.9 Å². The summed E-state index contributed by atoms with van der Waals surface area (Å²) in [4.78, 5) is 4.23. The molecule has 0 saturated carbocycles. The molecule has 1 atom stereocenters.